The number of nitrogens with zero attached hydrogens (tertiary/aromatic N) is 1. The van der Waals surface area contributed by atoms with E-state index >= 15 is 0 Å². The van der Waals surface area contributed by atoms with Crippen LogP contribution in [-0.4, -0.2) is 9.97 Å². The topological polar surface area (TPSA) is 54.7 Å². The van der Waals surface area contributed by atoms with Gasteiger partial charge in [0.1, 0.15) is 10.4 Å². The molecule has 1 aromatic heterocycles. The molecule has 4 heteroatoms. The van der Waals surface area contributed by atoms with Gasteiger partial charge < -0.3 is 10.7 Å². The zero-order valence-corrected chi connectivity index (χ0v) is 13.4. The summed E-state index contributed by atoms with van der Waals surface area (Å²) in [6.07, 6.45) is 1.73. The van der Waals surface area contributed by atoms with Crippen LogP contribution in [0.3, 0.4) is 0 Å². The van der Waals surface area contributed by atoms with Gasteiger partial charge in [0.15, 0.2) is 0 Å². The van der Waals surface area contributed by atoms with Gasteiger partial charge >= 0.3 is 0 Å². The van der Waals surface area contributed by atoms with Crippen molar-refractivity contribution in [1.29, 1.82) is 0 Å². The normalized spacial score (nSPS) is 13.6. The molecule has 1 aromatic carbocycles. The first-order chi connectivity index (χ1) is 8.79. The molecular formula is C15H20BrN3. The number of nitrogens with one attached hydrogen (secondary N) is 1. The van der Waals surface area contributed by atoms with E-state index in [4.69, 9.17) is 5.73 Å². The second-order valence-electron chi connectivity index (χ2n) is 5.92. The van der Waals surface area contributed by atoms with Gasteiger partial charge in [-0.05, 0) is 45.0 Å². The smallest absolute Gasteiger partial charge is 0.128 e. The molecule has 0 saturated carbocycles. The summed E-state index contributed by atoms with van der Waals surface area (Å²) < 4.78 is 0.849. The van der Waals surface area contributed by atoms with Crippen LogP contribution in [0.4, 0.5) is 0 Å². The standard InChI is InChI=1S/C15H20BrN3/c1-9-7-10(15(2,3)4)5-6-11(9)13(17)14-18-8-12(16)19-14/h5-8,13H,17H2,1-4H3,(H,18,19). The highest BCUT2D eigenvalue weighted by Crippen LogP contribution is 2.28. The summed E-state index contributed by atoms with van der Waals surface area (Å²) in [5, 5.41) is 0. The molecule has 0 bridgehead atoms. The van der Waals surface area contributed by atoms with Gasteiger partial charge in [0, 0.05) is 0 Å². The Hall–Kier alpha value is -1.13. The van der Waals surface area contributed by atoms with Crippen LogP contribution < -0.4 is 5.73 Å². The van der Waals surface area contributed by atoms with E-state index in [-0.39, 0.29) is 11.5 Å². The Labute approximate surface area is 122 Å². The van der Waals surface area contributed by atoms with Crippen molar-refractivity contribution in [2.45, 2.75) is 39.2 Å². The van der Waals surface area contributed by atoms with Crippen molar-refractivity contribution in [1.82, 2.24) is 9.97 Å². The van der Waals surface area contributed by atoms with Crippen molar-refractivity contribution in [3.8, 4) is 0 Å². The number of H-pyrrole nitrogens is 1. The summed E-state index contributed by atoms with van der Waals surface area (Å²) in [6.45, 7) is 8.74. The fourth-order valence-electron chi connectivity index (χ4n) is 2.11. The first-order valence-corrected chi connectivity index (χ1v) is 7.15. The summed E-state index contributed by atoms with van der Waals surface area (Å²) in [6, 6.07) is 6.25. The molecule has 1 unspecified atom stereocenters. The molecule has 1 heterocycles. The fraction of sp³-hybridized carbons (Fsp3) is 0.400. The predicted molar refractivity (Wildman–Crippen MR) is 82.2 cm³/mol. The lowest BCUT2D eigenvalue weighted by Gasteiger charge is -2.21. The Morgan fingerprint density at radius 1 is 1.32 bits per heavy atom. The average Bonchev–Trinajstić information content (AvgIpc) is 2.73. The number of aryl methyl sites for hydroxylation is 1. The molecule has 19 heavy (non-hydrogen) atoms. The van der Waals surface area contributed by atoms with E-state index in [1.165, 1.54) is 11.1 Å². The van der Waals surface area contributed by atoms with Gasteiger partial charge in [0.2, 0.25) is 0 Å². The summed E-state index contributed by atoms with van der Waals surface area (Å²) in [4.78, 5) is 7.40. The third kappa shape index (κ3) is 3.07. The number of aromatic amines is 1. The van der Waals surface area contributed by atoms with E-state index in [1.807, 2.05) is 0 Å². The minimum absolute atomic E-state index is 0.154. The van der Waals surface area contributed by atoms with Crippen molar-refractivity contribution >= 4 is 15.9 Å². The number of hydrogen-bond donors (Lipinski definition) is 2. The zero-order valence-electron chi connectivity index (χ0n) is 11.8. The third-order valence-electron chi connectivity index (χ3n) is 3.33. The highest BCUT2D eigenvalue weighted by Gasteiger charge is 2.18. The molecule has 0 fully saturated rings. The van der Waals surface area contributed by atoms with Gasteiger partial charge in [0.25, 0.3) is 0 Å². The Morgan fingerprint density at radius 3 is 2.47 bits per heavy atom. The quantitative estimate of drug-likeness (QED) is 0.883. The molecular weight excluding hydrogens is 302 g/mol. The number of nitrogens with two attached hydrogens (primary N) is 1. The largest absolute Gasteiger partial charge is 0.335 e. The minimum Gasteiger partial charge on any atom is -0.335 e. The summed E-state index contributed by atoms with van der Waals surface area (Å²) in [7, 11) is 0. The number of imidazole rings is 1. The molecule has 1 atom stereocenters. The van der Waals surface area contributed by atoms with Crippen molar-refractivity contribution in [3.05, 3.63) is 51.5 Å². The van der Waals surface area contributed by atoms with Crippen LogP contribution in [0.25, 0.3) is 0 Å². The lowest BCUT2D eigenvalue weighted by molar-refractivity contribution is 0.589. The zero-order chi connectivity index (χ0) is 14.2. The molecule has 0 saturated heterocycles. The third-order valence-corrected chi connectivity index (χ3v) is 3.73. The Kier molecular flexibility index (Phi) is 3.83. The molecule has 0 aliphatic heterocycles. The van der Waals surface area contributed by atoms with E-state index in [0.29, 0.717) is 0 Å². The van der Waals surface area contributed by atoms with Crippen molar-refractivity contribution in [2.24, 2.45) is 5.73 Å². The Morgan fingerprint density at radius 2 is 2.00 bits per heavy atom. The van der Waals surface area contributed by atoms with Gasteiger partial charge in [-0.2, -0.15) is 0 Å². The Balaban J connectivity index is 2.36. The molecule has 0 aliphatic rings. The number of aromatic nitrogens is 2. The number of rotatable bonds is 2. The molecule has 0 aliphatic carbocycles. The monoisotopic (exact) mass is 321 g/mol. The van der Waals surface area contributed by atoms with E-state index in [1.54, 1.807) is 6.20 Å². The van der Waals surface area contributed by atoms with Crippen LogP contribution in [-0.2, 0) is 5.41 Å². The van der Waals surface area contributed by atoms with E-state index in [2.05, 4.69) is 71.8 Å². The molecule has 3 N–H and O–H groups in total. The molecule has 2 aromatic rings. The number of benzene rings is 1. The minimum atomic E-state index is -0.222. The SMILES string of the molecule is Cc1cc(C(C)(C)C)ccc1C(N)c1ncc(Br)[nH]1. The van der Waals surface area contributed by atoms with Crippen molar-refractivity contribution < 1.29 is 0 Å². The highest BCUT2D eigenvalue weighted by atomic mass is 79.9. The van der Waals surface area contributed by atoms with Gasteiger partial charge in [0.05, 0.1) is 12.2 Å². The maximum absolute atomic E-state index is 6.28. The molecule has 2 rings (SSSR count). The summed E-state index contributed by atoms with van der Waals surface area (Å²) >= 11 is 3.36. The number of halogens is 1. The first-order valence-electron chi connectivity index (χ1n) is 6.36. The summed E-state index contributed by atoms with van der Waals surface area (Å²) in [5.41, 5.74) is 10.1. The maximum Gasteiger partial charge on any atom is 0.128 e. The van der Waals surface area contributed by atoms with Gasteiger partial charge in [-0.1, -0.05) is 39.0 Å². The maximum atomic E-state index is 6.28. The van der Waals surface area contributed by atoms with Gasteiger partial charge in [-0.25, -0.2) is 4.98 Å². The van der Waals surface area contributed by atoms with Crippen LogP contribution in [0.2, 0.25) is 0 Å². The van der Waals surface area contributed by atoms with E-state index in [0.717, 1.165) is 16.0 Å². The molecule has 3 nitrogen and oxygen atoms in total. The lowest BCUT2D eigenvalue weighted by Crippen LogP contribution is -2.17. The van der Waals surface area contributed by atoms with Crippen LogP contribution in [0.15, 0.2) is 29.0 Å². The highest BCUT2D eigenvalue weighted by molar-refractivity contribution is 9.10. The summed E-state index contributed by atoms with van der Waals surface area (Å²) in [5.74, 6) is 0.776. The van der Waals surface area contributed by atoms with Crippen LogP contribution >= 0.6 is 15.9 Å². The molecule has 102 valence electrons. The van der Waals surface area contributed by atoms with Crippen molar-refractivity contribution in [3.63, 3.8) is 0 Å². The number of hydrogen-bond acceptors (Lipinski definition) is 2. The van der Waals surface area contributed by atoms with Gasteiger partial charge in [-0.15, -0.1) is 0 Å². The molecule has 0 amide bonds. The first kappa shape index (κ1) is 14.3. The second-order valence-corrected chi connectivity index (χ2v) is 6.77. The van der Waals surface area contributed by atoms with E-state index in [9.17, 15) is 0 Å². The van der Waals surface area contributed by atoms with Crippen LogP contribution in [0, 0.1) is 6.92 Å². The fourth-order valence-corrected chi connectivity index (χ4v) is 2.42. The van der Waals surface area contributed by atoms with Crippen molar-refractivity contribution in [2.75, 3.05) is 0 Å². The Bertz CT molecular complexity index is 581. The lowest BCUT2D eigenvalue weighted by atomic mass is 9.84. The van der Waals surface area contributed by atoms with E-state index < -0.39 is 0 Å². The van der Waals surface area contributed by atoms with Crippen LogP contribution in [0.5, 0.6) is 0 Å². The van der Waals surface area contributed by atoms with Crippen LogP contribution in [0.1, 0.15) is 49.3 Å². The predicted octanol–water partition coefficient (Wildman–Crippen LogP) is 3.83. The van der Waals surface area contributed by atoms with Gasteiger partial charge in [-0.3, -0.25) is 0 Å². The average molecular weight is 322 g/mol. The molecule has 0 radical (unpaired) electrons. The molecule has 0 spiro atoms. The second kappa shape index (κ2) is 5.10.